The number of rotatable bonds is 1. The Balaban J connectivity index is 0. The Morgan fingerprint density at radius 2 is 1.67 bits per heavy atom. The summed E-state index contributed by atoms with van der Waals surface area (Å²) in [6, 6.07) is 0. The normalized spacial score (nSPS) is 7.67. The van der Waals surface area contributed by atoms with Crippen LogP contribution in [0.4, 0.5) is 0 Å². The van der Waals surface area contributed by atoms with E-state index in [1.54, 1.807) is 0 Å². The molecule has 0 aromatic rings. The van der Waals surface area contributed by atoms with Crippen molar-refractivity contribution < 1.29 is 8.42 Å². The maximum atomic E-state index is 9.37. The van der Waals surface area contributed by atoms with Crippen molar-refractivity contribution in [2.45, 2.75) is 7.43 Å². The average molecular weight is 128 g/mol. The Kier molecular flexibility index (Phi) is 8.45. The molecule has 0 N–H and O–H groups in total. The van der Waals surface area contributed by atoms with E-state index < -0.39 is 9.74 Å². The van der Waals surface area contributed by atoms with E-state index in [4.69, 9.17) is 0 Å². The molecule has 0 amide bonds. The molecule has 0 bridgehead atoms. The lowest BCUT2D eigenvalue weighted by Gasteiger charge is -1.60. The van der Waals surface area contributed by atoms with Gasteiger partial charge in [0.05, 0.1) is 0 Å². The fraction of sp³-hybridized carbons (Fsp3) is 1.00. The predicted molar refractivity (Wildman–Crippen MR) is 30.6 cm³/mol. The lowest BCUT2D eigenvalue weighted by molar-refractivity contribution is 0.627. The van der Waals surface area contributed by atoms with Gasteiger partial charge in [0.1, 0.15) is 0 Å². The largest absolute Gasteiger partial charge is 0.221 e. The summed E-state index contributed by atoms with van der Waals surface area (Å²) >= 11 is 0. The van der Waals surface area contributed by atoms with Crippen LogP contribution in [-0.4, -0.2) is 14.7 Å². The molecule has 0 unspecified atom stereocenters. The summed E-state index contributed by atoms with van der Waals surface area (Å²) in [7, 11) is -1.35. The Labute approximate surface area is 43.3 Å². The van der Waals surface area contributed by atoms with Gasteiger partial charge in [-0.1, -0.05) is 7.43 Å². The van der Waals surface area contributed by atoms with Crippen molar-refractivity contribution in [2.24, 2.45) is 0 Å². The quantitative estimate of drug-likeness (QED) is 0.413. The summed E-state index contributed by atoms with van der Waals surface area (Å²) < 4.78 is 18.7. The molecule has 0 saturated carbocycles. The van der Waals surface area contributed by atoms with Crippen LogP contribution in [0, 0.1) is 0 Å². The molecule has 0 aliphatic rings. The number of thiol groups is 1. The fourth-order valence-electron chi connectivity index (χ4n) is 0. The van der Waals surface area contributed by atoms with E-state index in [1.165, 1.54) is 6.26 Å². The van der Waals surface area contributed by atoms with Gasteiger partial charge in [-0.05, 0) is 17.0 Å². The molecule has 4 heteroatoms. The molecule has 0 spiro atoms. The van der Waals surface area contributed by atoms with Crippen LogP contribution in [0.25, 0.3) is 0 Å². The third-order valence-corrected chi connectivity index (χ3v) is 1.34. The van der Waals surface area contributed by atoms with E-state index in [2.05, 4.69) is 0 Å². The van der Waals surface area contributed by atoms with Gasteiger partial charge in [-0.15, -0.1) is 0 Å². The molecule has 0 aliphatic carbocycles. The maximum absolute atomic E-state index is 9.37. The van der Waals surface area contributed by atoms with Crippen molar-refractivity contribution in [1.29, 1.82) is 0 Å². The van der Waals surface area contributed by atoms with Crippen LogP contribution in [0.5, 0.6) is 0 Å². The summed E-state index contributed by atoms with van der Waals surface area (Å²) in [6.45, 7) is 0. The first-order chi connectivity index (χ1) is 2.27. The fourth-order valence-corrected chi connectivity index (χ4v) is 0. The second-order valence-corrected chi connectivity index (χ2v) is 3.21. The summed E-state index contributed by atoms with van der Waals surface area (Å²) in [6.07, 6.45) is 1.52. The molecule has 0 heterocycles. The lowest BCUT2D eigenvalue weighted by Crippen LogP contribution is -1.53. The van der Waals surface area contributed by atoms with E-state index in [0.29, 0.717) is 0 Å². The Morgan fingerprint density at radius 1 is 1.50 bits per heavy atom. The van der Waals surface area contributed by atoms with Crippen LogP contribution < -0.4 is 0 Å². The molecule has 0 fully saturated rings. The predicted octanol–water partition coefficient (Wildman–Crippen LogP) is 0.512. The van der Waals surface area contributed by atoms with E-state index in [-0.39, 0.29) is 7.43 Å². The van der Waals surface area contributed by atoms with Crippen molar-refractivity contribution in [3.63, 3.8) is 0 Å². The molecule has 2 nitrogen and oxygen atoms in total. The highest BCUT2D eigenvalue weighted by Crippen LogP contribution is 1.85. The molecule has 0 aliphatic heterocycles. The van der Waals surface area contributed by atoms with Gasteiger partial charge < -0.3 is 0 Å². The molecule has 6 heavy (non-hydrogen) atoms. The highest BCUT2D eigenvalue weighted by Gasteiger charge is 1.65. The molecule has 0 aromatic heterocycles. The van der Waals surface area contributed by atoms with Gasteiger partial charge in [-0.3, -0.25) is 0 Å². The van der Waals surface area contributed by atoms with E-state index in [0.717, 1.165) is 10.8 Å². The van der Waals surface area contributed by atoms with Crippen LogP contribution in [0.15, 0.2) is 0 Å². The summed E-state index contributed by atoms with van der Waals surface area (Å²) in [4.78, 5) is 0. The zero-order chi connectivity index (χ0) is 4.28. The first-order valence-corrected chi connectivity index (χ1v) is 3.96. The second-order valence-electron chi connectivity index (χ2n) is 0.406. The number of hydrogen-bond donors (Lipinski definition) is 1. The zero-order valence-corrected chi connectivity index (χ0v) is 4.38. The molecule has 0 atom stereocenters. The van der Waals surface area contributed by atoms with Gasteiger partial charge in [0.25, 0.3) is 0 Å². The molecular weight excluding hydrogens is 120 g/mol. The topological polar surface area (TPSA) is 34.1 Å². The monoisotopic (exact) mass is 128 g/mol. The van der Waals surface area contributed by atoms with Gasteiger partial charge >= 0.3 is 0 Å². The zero-order valence-electron chi connectivity index (χ0n) is 2.67. The Bertz CT molecular complexity index is 67.6. The molecule has 0 aromatic carbocycles. The molecule has 0 rings (SSSR count). The summed E-state index contributed by atoms with van der Waals surface area (Å²) in [5, 5.41) is 0. The third kappa shape index (κ3) is 8.85. The van der Waals surface area contributed by atoms with Crippen LogP contribution >= 0.6 is 10.8 Å². The highest BCUT2D eigenvalue weighted by atomic mass is 33.1. The van der Waals surface area contributed by atoms with E-state index in [1.807, 2.05) is 0 Å². The summed E-state index contributed by atoms with van der Waals surface area (Å²) in [5.41, 5.74) is 0. The first kappa shape index (κ1) is 9.57. The van der Waals surface area contributed by atoms with Crippen LogP contribution in [0.2, 0.25) is 0 Å². The smallest absolute Gasteiger partial charge is 0.191 e. The van der Waals surface area contributed by atoms with E-state index >= 15 is 0 Å². The van der Waals surface area contributed by atoms with Crippen LogP contribution in [0.1, 0.15) is 7.43 Å². The first-order valence-electron chi connectivity index (χ1n) is 0.956. The minimum absolute atomic E-state index is 0. The molecule has 0 radical (unpaired) electrons. The Hall–Kier alpha value is 0.300. The maximum Gasteiger partial charge on any atom is 0.191 e. The highest BCUT2D eigenvalue weighted by molar-refractivity contribution is 8.64. The van der Waals surface area contributed by atoms with E-state index in [9.17, 15) is 8.42 Å². The number of hydrogen-bond acceptors (Lipinski definition) is 3. The van der Waals surface area contributed by atoms with Crippen LogP contribution in [-0.2, 0) is 9.74 Å². The third-order valence-electron chi connectivity index (χ3n) is 0.149. The summed E-state index contributed by atoms with van der Waals surface area (Å²) in [5.74, 6) is 0. The van der Waals surface area contributed by atoms with Crippen molar-refractivity contribution in [3.8, 4) is 0 Å². The average Bonchev–Trinajstić information content (AvgIpc) is 1.38. The molecule has 40 valence electrons. The Morgan fingerprint density at radius 3 is 1.67 bits per heavy atom. The molecule has 0 saturated heterocycles. The van der Waals surface area contributed by atoms with Crippen molar-refractivity contribution in [3.05, 3.63) is 0 Å². The van der Waals surface area contributed by atoms with Gasteiger partial charge in [-0.2, -0.15) is 0 Å². The SMILES string of the molecule is C.CS[SH](=O)=O. The second kappa shape index (κ2) is 5.30. The van der Waals surface area contributed by atoms with Gasteiger partial charge in [-0.25, -0.2) is 8.42 Å². The van der Waals surface area contributed by atoms with Gasteiger partial charge in [0.2, 0.25) is 0 Å². The minimum Gasteiger partial charge on any atom is -0.221 e. The van der Waals surface area contributed by atoms with Crippen molar-refractivity contribution in [2.75, 3.05) is 6.26 Å². The van der Waals surface area contributed by atoms with Crippen LogP contribution in [0.3, 0.4) is 0 Å². The van der Waals surface area contributed by atoms with Crippen molar-refractivity contribution in [1.82, 2.24) is 0 Å². The minimum atomic E-state index is -2.18. The lowest BCUT2D eigenvalue weighted by atomic mass is 12.0. The van der Waals surface area contributed by atoms with Gasteiger partial charge in [0.15, 0.2) is 9.74 Å². The van der Waals surface area contributed by atoms with Crippen molar-refractivity contribution >= 4 is 20.5 Å². The van der Waals surface area contributed by atoms with Gasteiger partial charge in [0, 0.05) is 0 Å². The molecular formula is C2H8O2S2. The standard InChI is InChI=1S/CH4O2S2.CH4/c1-4-5(2)3;/h5H,1H3;1H4.